The minimum Gasteiger partial charge on any atom is -0.350 e. The Morgan fingerprint density at radius 3 is 2.71 bits per heavy atom. The van der Waals surface area contributed by atoms with Gasteiger partial charge in [-0.05, 0) is 44.0 Å². The van der Waals surface area contributed by atoms with Gasteiger partial charge >= 0.3 is 0 Å². The minimum atomic E-state index is 0.0417. The summed E-state index contributed by atoms with van der Waals surface area (Å²) < 4.78 is 0. The number of amides is 1. The highest BCUT2D eigenvalue weighted by Crippen LogP contribution is 2.10. The molecule has 0 bridgehead atoms. The second-order valence-corrected chi connectivity index (χ2v) is 4.17. The van der Waals surface area contributed by atoms with Crippen LogP contribution in [0.5, 0.6) is 0 Å². The Hall–Kier alpha value is -1.42. The standard InChI is InChI=1S/C13H21N3O/c1-11(12-6-9-15-10-7-12)16-13(17)5-3-2-4-8-14/h6-7,9-11H,2-5,8,14H2,1H3,(H,16,17)/t11-/m0/s1. The average Bonchev–Trinajstić information content (AvgIpc) is 2.36. The molecule has 1 rings (SSSR count). The summed E-state index contributed by atoms with van der Waals surface area (Å²) in [5.74, 6) is 0.103. The second kappa shape index (κ2) is 7.79. The van der Waals surface area contributed by atoms with Crippen molar-refractivity contribution in [1.29, 1.82) is 0 Å². The van der Waals surface area contributed by atoms with Crippen LogP contribution < -0.4 is 11.1 Å². The smallest absolute Gasteiger partial charge is 0.220 e. The lowest BCUT2D eigenvalue weighted by atomic mass is 10.1. The molecule has 1 aromatic rings. The third-order valence-electron chi connectivity index (χ3n) is 2.69. The molecule has 0 aliphatic carbocycles. The largest absolute Gasteiger partial charge is 0.350 e. The van der Waals surface area contributed by atoms with E-state index >= 15 is 0 Å². The minimum absolute atomic E-state index is 0.0417. The molecular weight excluding hydrogens is 214 g/mol. The van der Waals surface area contributed by atoms with Gasteiger partial charge in [-0.2, -0.15) is 0 Å². The number of aromatic nitrogens is 1. The highest BCUT2D eigenvalue weighted by atomic mass is 16.1. The number of nitrogens with two attached hydrogens (primary N) is 1. The van der Waals surface area contributed by atoms with Crippen molar-refractivity contribution in [3.63, 3.8) is 0 Å². The Kier molecular flexibility index (Phi) is 6.25. The molecule has 0 aromatic carbocycles. The molecule has 0 fully saturated rings. The molecule has 3 N–H and O–H groups in total. The van der Waals surface area contributed by atoms with Crippen molar-refractivity contribution in [1.82, 2.24) is 10.3 Å². The van der Waals surface area contributed by atoms with Crippen LogP contribution in [0.4, 0.5) is 0 Å². The number of unbranched alkanes of at least 4 members (excludes halogenated alkanes) is 2. The van der Waals surface area contributed by atoms with E-state index in [0.29, 0.717) is 13.0 Å². The summed E-state index contributed by atoms with van der Waals surface area (Å²) in [5, 5.41) is 2.98. The summed E-state index contributed by atoms with van der Waals surface area (Å²) in [5.41, 5.74) is 6.47. The van der Waals surface area contributed by atoms with Crippen molar-refractivity contribution in [2.75, 3.05) is 6.54 Å². The number of hydrogen-bond donors (Lipinski definition) is 2. The predicted octanol–water partition coefficient (Wildman–Crippen LogP) is 1.78. The molecule has 0 saturated carbocycles. The van der Waals surface area contributed by atoms with Crippen molar-refractivity contribution in [2.45, 2.75) is 38.6 Å². The molecule has 0 spiro atoms. The molecule has 0 radical (unpaired) electrons. The van der Waals surface area contributed by atoms with Crippen molar-refractivity contribution >= 4 is 5.91 Å². The van der Waals surface area contributed by atoms with Crippen molar-refractivity contribution < 1.29 is 4.79 Å². The van der Waals surface area contributed by atoms with E-state index in [-0.39, 0.29) is 11.9 Å². The van der Waals surface area contributed by atoms with E-state index in [1.54, 1.807) is 12.4 Å². The van der Waals surface area contributed by atoms with Gasteiger partial charge in [0.2, 0.25) is 5.91 Å². The van der Waals surface area contributed by atoms with Gasteiger partial charge in [0.05, 0.1) is 6.04 Å². The third-order valence-corrected chi connectivity index (χ3v) is 2.69. The van der Waals surface area contributed by atoms with Gasteiger partial charge in [0.1, 0.15) is 0 Å². The Morgan fingerprint density at radius 1 is 1.35 bits per heavy atom. The Bertz CT molecular complexity index is 327. The SMILES string of the molecule is C[C@H](NC(=O)CCCCCN)c1ccncc1. The van der Waals surface area contributed by atoms with Crippen LogP contribution >= 0.6 is 0 Å². The van der Waals surface area contributed by atoms with E-state index in [1.165, 1.54) is 0 Å². The lowest BCUT2D eigenvalue weighted by Crippen LogP contribution is -2.26. The molecule has 1 amide bonds. The van der Waals surface area contributed by atoms with E-state index in [0.717, 1.165) is 24.8 Å². The summed E-state index contributed by atoms with van der Waals surface area (Å²) in [6.45, 7) is 2.68. The number of carbonyl (C=O) groups excluding carboxylic acids is 1. The fraction of sp³-hybridized carbons (Fsp3) is 0.538. The van der Waals surface area contributed by atoms with Gasteiger partial charge in [-0.15, -0.1) is 0 Å². The first-order valence-electron chi connectivity index (χ1n) is 6.13. The summed E-state index contributed by atoms with van der Waals surface area (Å²) in [6, 6.07) is 3.87. The molecule has 4 heteroatoms. The number of carbonyl (C=O) groups is 1. The number of nitrogens with zero attached hydrogens (tertiary/aromatic N) is 1. The molecule has 4 nitrogen and oxygen atoms in total. The third kappa shape index (κ3) is 5.45. The first kappa shape index (κ1) is 13.6. The van der Waals surface area contributed by atoms with Gasteiger partial charge < -0.3 is 11.1 Å². The maximum Gasteiger partial charge on any atom is 0.220 e. The average molecular weight is 235 g/mol. The first-order valence-corrected chi connectivity index (χ1v) is 6.13. The quantitative estimate of drug-likeness (QED) is 0.708. The Labute approximate surface area is 103 Å². The van der Waals surface area contributed by atoms with Crippen LogP contribution in [0.15, 0.2) is 24.5 Å². The Balaban J connectivity index is 2.26. The van der Waals surface area contributed by atoms with Crippen molar-refractivity contribution in [2.24, 2.45) is 5.73 Å². The van der Waals surface area contributed by atoms with E-state index in [9.17, 15) is 4.79 Å². The molecule has 1 aromatic heterocycles. The summed E-state index contributed by atoms with van der Waals surface area (Å²) in [4.78, 5) is 15.6. The lowest BCUT2D eigenvalue weighted by molar-refractivity contribution is -0.121. The molecule has 0 aliphatic heterocycles. The van der Waals surface area contributed by atoms with Gasteiger partial charge in [-0.25, -0.2) is 0 Å². The molecule has 0 unspecified atom stereocenters. The van der Waals surface area contributed by atoms with Crippen LogP contribution in [0.1, 0.15) is 44.2 Å². The number of hydrogen-bond acceptors (Lipinski definition) is 3. The molecule has 1 atom stereocenters. The number of rotatable bonds is 7. The van der Waals surface area contributed by atoms with Gasteiger partial charge in [0, 0.05) is 18.8 Å². The first-order chi connectivity index (χ1) is 8.24. The highest BCUT2D eigenvalue weighted by Gasteiger charge is 2.08. The molecule has 0 aliphatic rings. The van der Waals surface area contributed by atoms with Crippen LogP contribution in [0.25, 0.3) is 0 Å². The van der Waals surface area contributed by atoms with Crippen LogP contribution in [0.2, 0.25) is 0 Å². The molecule has 17 heavy (non-hydrogen) atoms. The van der Waals surface area contributed by atoms with Crippen LogP contribution in [-0.4, -0.2) is 17.4 Å². The molecular formula is C13H21N3O. The van der Waals surface area contributed by atoms with E-state index < -0.39 is 0 Å². The maximum absolute atomic E-state index is 11.6. The summed E-state index contributed by atoms with van der Waals surface area (Å²) in [6.07, 6.45) is 6.97. The predicted molar refractivity (Wildman–Crippen MR) is 68.3 cm³/mol. The second-order valence-electron chi connectivity index (χ2n) is 4.17. The lowest BCUT2D eigenvalue weighted by Gasteiger charge is -2.13. The summed E-state index contributed by atoms with van der Waals surface area (Å²) in [7, 11) is 0. The fourth-order valence-electron chi connectivity index (χ4n) is 1.66. The normalized spacial score (nSPS) is 12.1. The highest BCUT2D eigenvalue weighted by molar-refractivity contribution is 5.76. The number of nitrogens with one attached hydrogen (secondary N) is 1. The van der Waals surface area contributed by atoms with Gasteiger partial charge in [-0.1, -0.05) is 6.42 Å². The fourth-order valence-corrected chi connectivity index (χ4v) is 1.66. The zero-order valence-electron chi connectivity index (χ0n) is 10.4. The van der Waals surface area contributed by atoms with Gasteiger partial charge in [-0.3, -0.25) is 9.78 Å². The van der Waals surface area contributed by atoms with Crippen molar-refractivity contribution in [3.8, 4) is 0 Å². The van der Waals surface area contributed by atoms with E-state index in [2.05, 4.69) is 10.3 Å². The topological polar surface area (TPSA) is 68.0 Å². The zero-order valence-corrected chi connectivity index (χ0v) is 10.4. The molecule has 0 saturated heterocycles. The molecule has 94 valence electrons. The van der Waals surface area contributed by atoms with Crippen LogP contribution in [-0.2, 0) is 4.79 Å². The van der Waals surface area contributed by atoms with E-state index in [1.807, 2.05) is 19.1 Å². The Morgan fingerprint density at radius 2 is 2.06 bits per heavy atom. The van der Waals surface area contributed by atoms with Crippen LogP contribution in [0, 0.1) is 0 Å². The zero-order chi connectivity index (χ0) is 12.5. The van der Waals surface area contributed by atoms with Gasteiger partial charge in [0.25, 0.3) is 0 Å². The monoisotopic (exact) mass is 235 g/mol. The summed E-state index contributed by atoms with van der Waals surface area (Å²) >= 11 is 0. The number of pyridine rings is 1. The van der Waals surface area contributed by atoms with E-state index in [4.69, 9.17) is 5.73 Å². The van der Waals surface area contributed by atoms with Crippen molar-refractivity contribution in [3.05, 3.63) is 30.1 Å². The van der Waals surface area contributed by atoms with Gasteiger partial charge in [0.15, 0.2) is 0 Å². The maximum atomic E-state index is 11.6. The van der Waals surface area contributed by atoms with Crippen LogP contribution in [0.3, 0.4) is 0 Å². The molecule has 1 heterocycles.